The number of morpholine rings is 1. The van der Waals surface area contributed by atoms with Gasteiger partial charge in [0.2, 0.25) is 5.91 Å². The van der Waals surface area contributed by atoms with E-state index in [1.54, 1.807) is 118 Å². The first kappa shape index (κ1) is 81.4. The lowest BCUT2D eigenvalue weighted by atomic mass is 10.0. The topological polar surface area (TPSA) is 360 Å². The number of hydrogen-bond acceptors (Lipinski definition) is 17. The second kappa shape index (κ2) is 36.9. The summed E-state index contributed by atoms with van der Waals surface area (Å²) in [5.74, 6) is -3.93. The molecule has 0 atom stereocenters. The minimum atomic E-state index is -0.529. The van der Waals surface area contributed by atoms with Crippen LogP contribution >= 0.6 is 0 Å². The Morgan fingerprint density at radius 2 is 0.721 bits per heavy atom. The second-order valence-corrected chi connectivity index (χ2v) is 28.9. The summed E-state index contributed by atoms with van der Waals surface area (Å²) in [5.41, 5.74) is 14.0. The number of urea groups is 1. The van der Waals surface area contributed by atoms with Crippen LogP contribution in [0.4, 0.5) is 62.2 Å². The van der Waals surface area contributed by atoms with Crippen molar-refractivity contribution in [3.05, 3.63) is 295 Å². The molecule has 0 bridgehead atoms. The first-order valence-electron chi connectivity index (χ1n) is 38.4. The number of H-pyrrole nitrogens is 4. The predicted octanol–water partition coefficient (Wildman–Crippen LogP) is 16.4. The van der Waals surface area contributed by atoms with Gasteiger partial charge in [-0.1, -0.05) is 72.8 Å². The Morgan fingerprint density at radius 1 is 0.385 bits per heavy atom. The van der Waals surface area contributed by atoms with E-state index in [2.05, 4.69) is 115 Å². The summed E-state index contributed by atoms with van der Waals surface area (Å²) in [6, 6.07) is 53.9. The van der Waals surface area contributed by atoms with Gasteiger partial charge in [-0.15, -0.1) is 0 Å². The number of fused-ring (bicyclic) bond motifs is 4. The maximum Gasteiger partial charge on any atom is 0.321 e. The molecular formula is C90H77F4N21O7. The van der Waals surface area contributed by atoms with E-state index in [0.29, 0.717) is 57.2 Å². The lowest BCUT2D eigenvalue weighted by molar-refractivity contribution is -0.117. The Morgan fingerprint density at radius 3 is 1.07 bits per heavy atom. The molecule has 0 spiro atoms. The molecule has 8 aromatic carbocycles. The van der Waals surface area contributed by atoms with E-state index in [1.165, 1.54) is 53.4 Å². The summed E-state index contributed by atoms with van der Waals surface area (Å²) in [5, 5.41) is 46.3. The van der Waals surface area contributed by atoms with E-state index < -0.39 is 46.9 Å². The summed E-state index contributed by atoms with van der Waals surface area (Å²) < 4.78 is 61.0. The predicted molar refractivity (Wildman–Crippen MR) is 459 cm³/mol. The molecular weight excluding hydrogens is 1560 g/mol. The number of pyridine rings is 4. The molecule has 1 aliphatic carbocycles. The van der Waals surface area contributed by atoms with Crippen molar-refractivity contribution in [3.8, 4) is 44.5 Å². The molecule has 122 heavy (non-hydrogen) atoms. The van der Waals surface area contributed by atoms with Gasteiger partial charge < -0.3 is 51.3 Å². The van der Waals surface area contributed by atoms with Gasteiger partial charge in [-0.25, -0.2) is 22.4 Å². The lowest BCUT2D eigenvalue weighted by Crippen LogP contribution is -2.36. The van der Waals surface area contributed by atoms with Crippen LogP contribution in [0.2, 0.25) is 0 Å². The maximum absolute atomic E-state index is 13.9. The molecule has 10 N–H and O–H groups in total. The van der Waals surface area contributed by atoms with Crippen molar-refractivity contribution in [1.82, 2.24) is 70.5 Å². The Labute approximate surface area is 693 Å². The molecule has 18 rings (SSSR count). The number of carbonyl (C=O) groups excluding carboxylic acids is 6. The van der Waals surface area contributed by atoms with Crippen LogP contribution in [0.5, 0.6) is 0 Å². The number of ether oxygens (including phenoxy) is 1. The fourth-order valence-electron chi connectivity index (χ4n) is 13.3. The number of benzene rings is 8. The van der Waals surface area contributed by atoms with E-state index >= 15 is 0 Å². The molecule has 0 unspecified atom stereocenters. The van der Waals surface area contributed by atoms with Crippen molar-refractivity contribution >= 4 is 119 Å². The molecule has 32 heteroatoms. The molecule has 9 heterocycles. The quantitative estimate of drug-likeness (QED) is 0.0357. The number of nitrogens with zero attached hydrogens (tertiary/aromatic N) is 11. The zero-order chi connectivity index (χ0) is 84.9. The monoisotopic (exact) mass is 1640 g/mol. The molecule has 2 fully saturated rings. The molecule has 28 nitrogen and oxygen atoms in total. The number of rotatable bonds is 18. The van der Waals surface area contributed by atoms with Gasteiger partial charge in [-0.05, 0) is 176 Å². The van der Waals surface area contributed by atoms with Crippen molar-refractivity contribution in [2.24, 2.45) is 5.92 Å². The fourth-order valence-corrected chi connectivity index (χ4v) is 13.3. The highest BCUT2D eigenvalue weighted by Crippen LogP contribution is 2.35. The smallest absolute Gasteiger partial charge is 0.321 e. The number of aromatic nitrogens is 12. The van der Waals surface area contributed by atoms with Crippen molar-refractivity contribution in [2.75, 3.05) is 91.3 Å². The highest BCUT2D eigenvalue weighted by atomic mass is 19.1. The van der Waals surface area contributed by atoms with Crippen molar-refractivity contribution in [2.45, 2.75) is 19.4 Å². The third-order valence-corrected chi connectivity index (χ3v) is 19.7. The minimum absolute atomic E-state index is 0.0105. The average Bonchev–Trinajstić information content (AvgIpc) is 1.63. The second-order valence-electron chi connectivity index (χ2n) is 28.9. The van der Waals surface area contributed by atoms with Crippen LogP contribution in [0.25, 0.3) is 88.1 Å². The molecule has 8 aromatic heterocycles. The minimum Gasteiger partial charge on any atom is -0.378 e. The molecule has 612 valence electrons. The lowest BCUT2D eigenvalue weighted by Gasteiger charge is -2.28. The van der Waals surface area contributed by atoms with Gasteiger partial charge in [-0.2, -0.15) is 20.4 Å². The van der Waals surface area contributed by atoms with Crippen LogP contribution in [0.3, 0.4) is 0 Å². The number of nitrogens with one attached hydrogen (secondary N) is 10. The number of hydrogen-bond donors (Lipinski definition) is 10. The zero-order valence-electron chi connectivity index (χ0n) is 65.9. The Hall–Kier alpha value is -15.7. The third-order valence-electron chi connectivity index (χ3n) is 19.7. The number of amides is 7. The molecule has 0 radical (unpaired) electrons. The SMILES string of the molecule is CN(C)C(=O)Nc1cncc(-c2ccc3[nH]nc(C(=O)Nc4ccccc4F)c3c2)c1.CN(C)Cc1cncc(-c2ccc3[nH]nc(C(=O)Nc4ccccc4F)c3c2)c1.O=C(Nc1ccccc1F)c1n[nH]c2ccc(-c3cncc(N4CCOCC4)c3)cc12.O=C(Nc1ccccc1F)c1n[nH]c2ccc(-c3cncc(NC(=O)C4CC4)c3)cc12. The number of halogens is 4. The van der Waals surface area contributed by atoms with Crippen molar-refractivity contribution in [3.63, 3.8) is 0 Å². The van der Waals surface area contributed by atoms with Gasteiger partial charge in [0, 0.05) is 114 Å². The van der Waals surface area contributed by atoms with Crippen LogP contribution in [0.1, 0.15) is 60.4 Å². The molecule has 16 aromatic rings. The van der Waals surface area contributed by atoms with Crippen LogP contribution in [0, 0.1) is 29.2 Å². The molecule has 1 saturated heterocycles. The van der Waals surface area contributed by atoms with E-state index in [-0.39, 0.29) is 63.4 Å². The van der Waals surface area contributed by atoms with Crippen molar-refractivity contribution in [1.29, 1.82) is 0 Å². The Kier molecular flexibility index (Phi) is 24.6. The molecule has 1 saturated carbocycles. The van der Waals surface area contributed by atoms with Gasteiger partial charge in [0.25, 0.3) is 23.6 Å². The Bertz CT molecular complexity index is 6410. The normalized spacial score (nSPS) is 12.3. The highest BCUT2D eigenvalue weighted by molar-refractivity contribution is 6.15. The van der Waals surface area contributed by atoms with Crippen LogP contribution in [-0.2, 0) is 16.1 Å². The number of aromatic amines is 4. The largest absolute Gasteiger partial charge is 0.378 e. The standard InChI is InChI=1S/C23H20FN5O2.C23H18FN5O2.C22H19FN6O2.C22H20FN5O/c24-19-3-1-2-4-21(19)26-23(30)22-18-12-15(5-6-20(18)27-28-22)16-11-17(14-25-13-16)29-7-9-31-10-8-29;24-18-3-1-2-4-20(18)27-23(31)21-17-10-14(7-8-19(17)28-29-21)15-9-16(12-25-11-15)26-22(30)13-5-6-13;1-29(2)22(31)25-15-9-14(11-24-12-15)13-7-8-18-16(10-13)20(28-27-18)21(30)26-19-6-4-3-5-17(19)23;1-28(2)13-14-9-16(12-24-11-14)15-7-8-19-17(10-15)21(27-26-19)22(29)25-20-6-4-3-5-18(20)23/h1-6,11-14H,7-10H2,(H,26,30)(H,27,28);1-4,7-13H,5-6H2,(H,26,30)(H,27,31)(H,28,29);3-12H,1-2H3,(H,25,31)(H,26,30)(H,27,28);3-12H,13H2,1-2H3,(H,25,29)(H,26,27). The summed E-state index contributed by atoms with van der Waals surface area (Å²) in [6.07, 6.45) is 15.6. The van der Waals surface area contributed by atoms with E-state index in [0.717, 1.165) is 99.3 Å². The van der Waals surface area contributed by atoms with Gasteiger partial charge >= 0.3 is 6.03 Å². The summed E-state index contributed by atoms with van der Waals surface area (Å²) in [4.78, 5) is 97.7. The van der Waals surface area contributed by atoms with Gasteiger partial charge in [0.1, 0.15) is 23.3 Å². The highest BCUT2D eigenvalue weighted by Gasteiger charge is 2.30. The zero-order valence-corrected chi connectivity index (χ0v) is 65.9. The van der Waals surface area contributed by atoms with Gasteiger partial charge in [0.05, 0.1) is 93.7 Å². The van der Waals surface area contributed by atoms with Crippen LogP contribution < -0.4 is 36.8 Å². The van der Waals surface area contributed by atoms with E-state index in [9.17, 15) is 46.3 Å². The summed E-state index contributed by atoms with van der Waals surface area (Å²) >= 11 is 0. The fraction of sp³-hybridized carbons (Fsp3) is 0.133. The summed E-state index contributed by atoms with van der Waals surface area (Å²) in [7, 11) is 7.30. The average molecular weight is 1640 g/mol. The number of carbonyl (C=O) groups is 6. The third kappa shape index (κ3) is 19.4. The maximum atomic E-state index is 13.9. The Balaban J connectivity index is 0.000000126. The molecule has 7 amide bonds. The first-order valence-corrected chi connectivity index (χ1v) is 38.4. The van der Waals surface area contributed by atoms with Crippen LogP contribution in [0.15, 0.2) is 244 Å². The van der Waals surface area contributed by atoms with Gasteiger partial charge in [-0.3, -0.25) is 64.3 Å². The number of para-hydroxylation sites is 4. The van der Waals surface area contributed by atoms with Crippen LogP contribution in [-0.4, -0.2) is 161 Å². The van der Waals surface area contributed by atoms with E-state index in [4.69, 9.17) is 4.74 Å². The van der Waals surface area contributed by atoms with Crippen molar-refractivity contribution < 1.29 is 51.1 Å². The van der Waals surface area contributed by atoms with E-state index in [1.807, 2.05) is 93.2 Å². The van der Waals surface area contributed by atoms with Gasteiger partial charge in [0.15, 0.2) is 22.8 Å². The first-order chi connectivity index (χ1) is 59.2. The molecule has 2 aliphatic rings. The molecule has 1 aliphatic heterocycles. The summed E-state index contributed by atoms with van der Waals surface area (Å²) in [6.45, 7) is 3.83. The number of anilines is 7.